The van der Waals surface area contributed by atoms with Crippen LogP contribution >= 0.6 is 22.6 Å². The Labute approximate surface area is 110 Å². The summed E-state index contributed by atoms with van der Waals surface area (Å²) in [5.74, 6) is 0.568. The van der Waals surface area contributed by atoms with Crippen LogP contribution in [-0.2, 0) is 0 Å². The molecule has 0 amide bonds. The average molecular weight is 333 g/mol. The molecule has 0 bridgehead atoms. The Morgan fingerprint density at radius 1 is 1.38 bits per heavy atom. The molecule has 1 saturated carbocycles. The Morgan fingerprint density at radius 3 is 2.62 bits per heavy atom. The fourth-order valence-corrected chi connectivity index (χ4v) is 3.50. The Hall–Kier alpha value is -0.160. The van der Waals surface area contributed by atoms with Gasteiger partial charge in [-0.25, -0.2) is 4.39 Å². The summed E-state index contributed by atoms with van der Waals surface area (Å²) < 4.78 is 14.1. The van der Waals surface area contributed by atoms with E-state index >= 15 is 0 Å². The van der Waals surface area contributed by atoms with Gasteiger partial charge in [0.1, 0.15) is 5.82 Å². The van der Waals surface area contributed by atoms with E-state index in [1.54, 1.807) is 12.1 Å². The van der Waals surface area contributed by atoms with Gasteiger partial charge in [0.25, 0.3) is 0 Å². The number of nitrogens with one attached hydrogen (secondary N) is 1. The van der Waals surface area contributed by atoms with Crippen LogP contribution in [0.25, 0.3) is 0 Å². The van der Waals surface area contributed by atoms with E-state index in [0.717, 1.165) is 3.57 Å². The van der Waals surface area contributed by atoms with Gasteiger partial charge in [-0.15, -0.1) is 0 Å². The Bertz CT molecular complexity index is 361. The molecule has 1 N–H and O–H groups in total. The van der Waals surface area contributed by atoms with Crippen molar-refractivity contribution in [2.24, 2.45) is 5.92 Å². The van der Waals surface area contributed by atoms with Gasteiger partial charge >= 0.3 is 0 Å². The second-order valence-corrected chi connectivity index (χ2v) is 5.64. The SMILES string of the molecule is CNC(c1ccc(F)cc1I)C1CCCC1. The quantitative estimate of drug-likeness (QED) is 0.828. The molecule has 0 radical (unpaired) electrons. The second kappa shape index (κ2) is 5.45. The first-order valence-electron chi connectivity index (χ1n) is 5.84. The van der Waals surface area contributed by atoms with E-state index in [9.17, 15) is 4.39 Å². The highest BCUT2D eigenvalue weighted by Gasteiger charge is 2.26. The molecule has 1 aliphatic carbocycles. The van der Waals surface area contributed by atoms with Crippen molar-refractivity contribution in [3.05, 3.63) is 33.1 Å². The van der Waals surface area contributed by atoms with E-state index in [2.05, 4.69) is 27.9 Å². The minimum absolute atomic E-state index is 0.144. The van der Waals surface area contributed by atoms with Crippen LogP contribution in [0.1, 0.15) is 37.3 Å². The van der Waals surface area contributed by atoms with Crippen molar-refractivity contribution in [1.29, 1.82) is 0 Å². The molecule has 16 heavy (non-hydrogen) atoms. The van der Waals surface area contributed by atoms with Crippen LogP contribution in [0.5, 0.6) is 0 Å². The summed E-state index contributed by atoms with van der Waals surface area (Å²) in [6.45, 7) is 0. The highest BCUT2D eigenvalue weighted by Crippen LogP contribution is 2.37. The summed E-state index contributed by atoms with van der Waals surface area (Å²) in [7, 11) is 2.00. The monoisotopic (exact) mass is 333 g/mol. The van der Waals surface area contributed by atoms with Crippen LogP contribution in [0.15, 0.2) is 18.2 Å². The van der Waals surface area contributed by atoms with Gasteiger partial charge in [-0.1, -0.05) is 18.9 Å². The third kappa shape index (κ3) is 2.56. The first-order chi connectivity index (χ1) is 7.72. The lowest BCUT2D eigenvalue weighted by molar-refractivity contribution is 0.388. The van der Waals surface area contributed by atoms with Crippen molar-refractivity contribution in [2.75, 3.05) is 7.05 Å². The Morgan fingerprint density at radius 2 is 2.06 bits per heavy atom. The first kappa shape index (κ1) is 12.3. The number of rotatable bonds is 3. The molecule has 88 valence electrons. The zero-order chi connectivity index (χ0) is 11.5. The molecule has 1 aliphatic rings. The molecule has 0 aromatic heterocycles. The van der Waals surface area contributed by atoms with Crippen molar-refractivity contribution in [1.82, 2.24) is 5.32 Å². The van der Waals surface area contributed by atoms with Gasteiger partial charge in [0.15, 0.2) is 0 Å². The number of hydrogen-bond donors (Lipinski definition) is 1. The van der Waals surface area contributed by atoms with Gasteiger partial charge in [0.2, 0.25) is 0 Å². The standard InChI is InChI=1S/C13H17FIN/c1-16-13(9-4-2-3-5-9)11-7-6-10(14)8-12(11)15/h6-9,13,16H,2-5H2,1H3. The molecule has 1 fully saturated rings. The molecule has 3 heteroatoms. The van der Waals surface area contributed by atoms with Gasteiger partial charge in [-0.2, -0.15) is 0 Å². The zero-order valence-electron chi connectivity index (χ0n) is 9.47. The molecule has 0 heterocycles. The van der Waals surface area contributed by atoms with Crippen molar-refractivity contribution in [3.8, 4) is 0 Å². The Balaban J connectivity index is 2.25. The molecule has 1 nitrogen and oxygen atoms in total. The van der Waals surface area contributed by atoms with Crippen molar-refractivity contribution >= 4 is 22.6 Å². The number of halogens is 2. The molecular weight excluding hydrogens is 316 g/mol. The van der Waals surface area contributed by atoms with Gasteiger partial charge in [-0.3, -0.25) is 0 Å². The summed E-state index contributed by atoms with van der Waals surface area (Å²) in [6.07, 6.45) is 5.25. The second-order valence-electron chi connectivity index (χ2n) is 4.48. The van der Waals surface area contributed by atoms with E-state index in [-0.39, 0.29) is 5.82 Å². The van der Waals surface area contributed by atoms with E-state index in [0.29, 0.717) is 12.0 Å². The van der Waals surface area contributed by atoms with Gasteiger partial charge in [0, 0.05) is 9.61 Å². The Kier molecular flexibility index (Phi) is 4.19. The topological polar surface area (TPSA) is 12.0 Å². The van der Waals surface area contributed by atoms with Gasteiger partial charge < -0.3 is 5.32 Å². The van der Waals surface area contributed by atoms with Gasteiger partial charge in [-0.05, 0) is 66.1 Å². The third-order valence-corrected chi connectivity index (χ3v) is 4.41. The van der Waals surface area contributed by atoms with Crippen LogP contribution in [0.4, 0.5) is 4.39 Å². The lowest BCUT2D eigenvalue weighted by atomic mass is 9.92. The maximum Gasteiger partial charge on any atom is 0.124 e. The zero-order valence-corrected chi connectivity index (χ0v) is 11.6. The summed E-state index contributed by atoms with van der Waals surface area (Å²) >= 11 is 2.23. The van der Waals surface area contributed by atoms with Crippen molar-refractivity contribution < 1.29 is 4.39 Å². The average Bonchev–Trinajstić information content (AvgIpc) is 2.75. The van der Waals surface area contributed by atoms with E-state index < -0.39 is 0 Å². The smallest absolute Gasteiger partial charge is 0.124 e. The van der Waals surface area contributed by atoms with Crippen molar-refractivity contribution in [3.63, 3.8) is 0 Å². The summed E-state index contributed by atoms with van der Waals surface area (Å²) in [4.78, 5) is 0. The van der Waals surface area contributed by atoms with Crippen LogP contribution in [-0.4, -0.2) is 7.05 Å². The molecule has 0 saturated heterocycles. The largest absolute Gasteiger partial charge is 0.313 e. The van der Waals surface area contributed by atoms with Crippen LogP contribution in [0.3, 0.4) is 0 Å². The summed E-state index contributed by atoms with van der Waals surface area (Å²) in [5, 5.41) is 3.39. The fraction of sp³-hybridized carbons (Fsp3) is 0.538. The maximum atomic E-state index is 13.1. The summed E-state index contributed by atoms with van der Waals surface area (Å²) in [6, 6.07) is 5.50. The maximum absolute atomic E-state index is 13.1. The number of hydrogen-bond acceptors (Lipinski definition) is 1. The molecule has 1 aromatic rings. The summed E-state index contributed by atoms with van der Waals surface area (Å²) in [5.41, 5.74) is 1.25. The molecule has 0 spiro atoms. The molecule has 2 rings (SSSR count). The fourth-order valence-electron chi connectivity index (χ4n) is 2.69. The van der Waals surface area contributed by atoms with Crippen LogP contribution in [0.2, 0.25) is 0 Å². The van der Waals surface area contributed by atoms with E-state index in [1.807, 2.05) is 13.1 Å². The molecule has 1 aromatic carbocycles. The van der Waals surface area contributed by atoms with E-state index in [1.165, 1.54) is 31.2 Å². The predicted octanol–water partition coefficient (Wildman–Crippen LogP) is 3.88. The minimum Gasteiger partial charge on any atom is -0.313 e. The predicted molar refractivity (Wildman–Crippen MR) is 72.9 cm³/mol. The first-order valence-corrected chi connectivity index (χ1v) is 6.92. The molecular formula is C13H17FIN. The normalized spacial score (nSPS) is 18.9. The third-order valence-electron chi connectivity index (χ3n) is 3.48. The lowest BCUT2D eigenvalue weighted by Gasteiger charge is -2.24. The molecule has 1 atom stereocenters. The molecule has 0 aliphatic heterocycles. The molecule has 1 unspecified atom stereocenters. The van der Waals surface area contributed by atoms with E-state index in [4.69, 9.17) is 0 Å². The van der Waals surface area contributed by atoms with Gasteiger partial charge in [0.05, 0.1) is 0 Å². The van der Waals surface area contributed by atoms with Crippen molar-refractivity contribution in [2.45, 2.75) is 31.7 Å². The highest BCUT2D eigenvalue weighted by molar-refractivity contribution is 14.1. The minimum atomic E-state index is -0.144. The number of benzene rings is 1. The highest BCUT2D eigenvalue weighted by atomic mass is 127. The lowest BCUT2D eigenvalue weighted by Crippen LogP contribution is -2.24. The van der Waals surface area contributed by atoms with Crippen LogP contribution in [0, 0.1) is 15.3 Å². The van der Waals surface area contributed by atoms with Crippen LogP contribution < -0.4 is 5.32 Å².